The predicted octanol–water partition coefficient (Wildman–Crippen LogP) is 2.84. The zero-order chi connectivity index (χ0) is 11.6. The zero-order valence-corrected chi connectivity index (χ0v) is 10.3. The van der Waals surface area contributed by atoms with Crippen LogP contribution in [0.3, 0.4) is 0 Å². The SMILES string of the molecule is Cc1ccc(NCC2(CN)CCC2)c(C)c1. The van der Waals surface area contributed by atoms with E-state index in [1.54, 1.807) is 0 Å². The summed E-state index contributed by atoms with van der Waals surface area (Å²) in [5.74, 6) is 0. The second kappa shape index (κ2) is 4.46. The number of rotatable bonds is 4. The monoisotopic (exact) mass is 218 g/mol. The summed E-state index contributed by atoms with van der Waals surface area (Å²) < 4.78 is 0. The van der Waals surface area contributed by atoms with Gasteiger partial charge in [0.25, 0.3) is 0 Å². The Kier molecular flexibility index (Phi) is 3.20. The minimum atomic E-state index is 0.372. The number of benzene rings is 1. The standard InChI is InChI=1S/C14H22N2/c1-11-4-5-13(12(2)8-11)16-10-14(9-15)6-3-7-14/h4-5,8,16H,3,6-7,9-10,15H2,1-2H3. The quantitative estimate of drug-likeness (QED) is 0.815. The zero-order valence-electron chi connectivity index (χ0n) is 10.3. The van der Waals surface area contributed by atoms with Crippen molar-refractivity contribution < 1.29 is 0 Å². The van der Waals surface area contributed by atoms with Crippen LogP contribution in [0.5, 0.6) is 0 Å². The maximum Gasteiger partial charge on any atom is 0.0370 e. The lowest BCUT2D eigenvalue weighted by Crippen LogP contribution is -2.43. The highest BCUT2D eigenvalue weighted by atomic mass is 14.9. The van der Waals surface area contributed by atoms with Gasteiger partial charge in [-0.2, -0.15) is 0 Å². The number of aryl methyl sites for hydroxylation is 2. The predicted molar refractivity (Wildman–Crippen MR) is 69.7 cm³/mol. The maximum absolute atomic E-state index is 5.86. The summed E-state index contributed by atoms with van der Waals surface area (Å²) in [5.41, 5.74) is 10.1. The molecule has 1 aromatic carbocycles. The first-order chi connectivity index (χ1) is 7.65. The molecule has 1 fully saturated rings. The molecule has 0 spiro atoms. The highest BCUT2D eigenvalue weighted by molar-refractivity contribution is 5.52. The lowest BCUT2D eigenvalue weighted by atomic mass is 9.69. The number of hydrogen-bond acceptors (Lipinski definition) is 2. The Morgan fingerprint density at radius 1 is 1.31 bits per heavy atom. The molecule has 0 unspecified atom stereocenters. The molecule has 0 aliphatic heterocycles. The summed E-state index contributed by atoms with van der Waals surface area (Å²) in [6.45, 7) is 6.12. The molecule has 0 radical (unpaired) electrons. The van der Waals surface area contributed by atoms with E-state index in [4.69, 9.17) is 5.73 Å². The summed E-state index contributed by atoms with van der Waals surface area (Å²) in [6, 6.07) is 6.55. The summed E-state index contributed by atoms with van der Waals surface area (Å²) in [5, 5.41) is 3.55. The molecule has 1 saturated carbocycles. The van der Waals surface area contributed by atoms with Crippen molar-refractivity contribution in [3.63, 3.8) is 0 Å². The third-order valence-electron chi connectivity index (χ3n) is 3.88. The smallest absolute Gasteiger partial charge is 0.0370 e. The van der Waals surface area contributed by atoms with Gasteiger partial charge in [0.15, 0.2) is 0 Å². The van der Waals surface area contributed by atoms with E-state index in [2.05, 4.69) is 37.4 Å². The fraction of sp³-hybridized carbons (Fsp3) is 0.571. The van der Waals surface area contributed by atoms with E-state index >= 15 is 0 Å². The van der Waals surface area contributed by atoms with E-state index in [-0.39, 0.29) is 0 Å². The molecular weight excluding hydrogens is 196 g/mol. The first-order valence-electron chi connectivity index (χ1n) is 6.16. The van der Waals surface area contributed by atoms with Crippen molar-refractivity contribution in [2.24, 2.45) is 11.1 Å². The molecule has 16 heavy (non-hydrogen) atoms. The van der Waals surface area contributed by atoms with Gasteiger partial charge < -0.3 is 11.1 Å². The molecule has 1 aromatic rings. The van der Waals surface area contributed by atoms with Gasteiger partial charge in [-0.05, 0) is 50.3 Å². The van der Waals surface area contributed by atoms with Gasteiger partial charge in [-0.15, -0.1) is 0 Å². The average Bonchev–Trinajstić information content (AvgIpc) is 2.19. The van der Waals surface area contributed by atoms with Crippen molar-refractivity contribution in [3.05, 3.63) is 29.3 Å². The third-order valence-corrected chi connectivity index (χ3v) is 3.88. The van der Waals surface area contributed by atoms with Crippen LogP contribution in [0.2, 0.25) is 0 Å². The van der Waals surface area contributed by atoms with E-state index in [1.165, 1.54) is 36.1 Å². The minimum Gasteiger partial charge on any atom is -0.384 e. The number of hydrogen-bond donors (Lipinski definition) is 2. The molecule has 88 valence electrons. The van der Waals surface area contributed by atoms with E-state index < -0.39 is 0 Å². The Balaban J connectivity index is 1.99. The van der Waals surface area contributed by atoms with E-state index in [9.17, 15) is 0 Å². The van der Waals surface area contributed by atoms with Gasteiger partial charge in [-0.3, -0.25) is 0 Å². The van der Waals surface area contributed by atoms with Gasteiger partial charge in [0.05, 0.1) is 0 Å². The fourth-order valence-corrected chi connectivity index (χ4v) is 2.42. The molecule has 2 heteroatoms. The molecule has 0 heterocycles. The van der Waals surface area contributed by atoms with Crippen LogP contribution < -0.4 is 11.1 Å². The van der Waals surface area contributed by atoms with E-state index in [0.717, 1.165) is 13.1 Å². The fourth-order valence-electron chi connectivity index (χ4n) is 2.42. The van der Waals surface area contributed by atoms with Crippen LogP contribution in [0.1, 0.15) is 30.4 Å². The van der Waals surface area contributed by atoms with Gasteiger partial charge in [0, 0.05) is 12.2 Å². The van der Waals surface area contributed by atoms with Gasteiger partial charge in [-0.25, -0.2) is 0 Å². The molecule has 0 saturated heterocycles. The topological polar surface area (TPSA) is 38.0 Å². The minimum absolute atomic E-state index is 0.372. The van der Waals surface area contributed by atoms with E-state index in [1.807, 2.05) is 0 Å². The second-order valence-electron chi connectivity index (χ2n) is 5.23. The normalized spacial score (nSPS) is 17.9. The lowest BCUT2D eigenvalue weighted by Gasteiger charge is -2.41. The van der Waals surface area contributed by atoms with Crippen LogP contribution in [0, 0.1) is 19.3 Å². The summed E-state index contributed by atoms with van der Waals surface area (Å²) in [4.78, 5) is 0. The van der Waals surface area contributed by atoms with Crippen LogP contribution in [0.4, 0.5) is 5.69 Å². The van der Waals surface area contributed by atoms with Crippen molar-refractivity contribution in [1.29, 1.82) is 0 Å². The van der Waals surface area contributed by atoms with Crippen molar-refractivity contribution in [3.8, 4) is 0 Å². The molecule has 1 aliphatic carbocycles. The van der Waals surface area contributed by atoms with Crippen LogP contribution in [0.15, 0.2) is 18.2 Å². The molecule has 0 amide bonds. The third kappa shape index (κ3) is 2.22. The van der Waals surface area contributed by atoms with Crippen LogP contribution >= 0.6 is 0 Å². The molecule has 0 atom stereocenters. The van der Waals surface area contributed by atoms with Crippen molar-refractivity contribution in [1.82, 2.24) is 0 Å². The maximum atomic E-state index is 5.86. The Morgan fingerprint density at radius 3 is 2.56 bits per heavy atom. The Labute approximate surface area is 98.2 Å². The number of nitrogens with two attached hydrogens (primary N) is 1. The van der Waals surface area contributed by atoms with Crippen LogP contribution in [-0.4, -0.2) is 13.1 Å². The van der Waals surface area contributed by atoms with Crippen molar-refractivity contribution in [2.45, 2.75) is 33.1 Å². The van der Waals surface area contributed by atoms with Gasteiger partial charge >= 0.3 is 0 Å². The number of anilines is 1. The molecule has 0 bridgehead atoms. The van der Waals surface area contributed by atoms with Gasteiger partial charge in [0.1, 0.15) is 0 Å². The Morgan fingerprint density at radius 2 is 2.06 bits per heavy atom. The van der Waals surface area contributed by atoms with E-state index in [0.29, 0.717) is 5.41 Å². The molecule has 2 rings (SSSR count). The highest BCUT2D eigenvalue weighted by Crippen LogP contribution is 2.40. The van der Waals surface area contributed by atoms with Crippen molar-refractivity contribution >= 4 is 5.69 Å². The number of nitrogens with one attached hydrogen (secondary N) is 1. The van der Waals surface area contributed by atoms with Gasteiger partial charge in [-0.1, -0.05) is 24.1 Å². The van der Waals surface area contributed by atoms with Crippen LogP contribution in [-0.2, 0) is 0 Å². The summed E-state index contributed by atoms with van der Waals surface area (Å²) in [6.07, 6.45) is 3.90. The molecular formula is C14H22N2. The first kappa shape index (κ1) is 11.5. The first-order valence-corrected chi connectivity index (χ1v) is 6.16. The second-order valence-corrected chi connectivity index (χ2v) is 5.23. The van der Waals surface area contributed by atoms with Crippen LogP contribution in [0.25, 0.3) is 0 Å². The molecule has 0 aromatic heterocycles. The highest BCUT2D eigenvalue weighted by Gasteiger charge is 2.35. The Bertz CT molecular complexity index is 361. The molecule has 1 aliphatic rings. The van der Waals surface area contributed by atoms with Gasteiger partial charge in [0.2, 0.25) is 0 Å². The lowest BCUT2D eigenvalue weighted by molar-refractivity contribution is 0.163. The Hall–Kier alpha value is -1.02. The average molecular weight is 218 g/mol. The summed E-state index contributed by atoms with van der Waals surface area (Å²) >= 11 is 0. The largest absolute Gasteiger partial charge is 0.384 e. The summed E-state index contributed by atoms with van der Waals surface area (Å²) in [7, 11) is 0. The molecule has 2 nitrogen and oxygen atoms in total. The van der Waals surface area contributed by atoms with Crippen molar-refractivity contribution in [2.75, 3.05) is 18.4 Å². The molecule has 3 N–H and O–H groups in total.